The summed E-state index contributed by atoms with van der Waals surface area (Å²) in [6.45, 7) is 0.0732. The molecule has 170 valence electrons. The number of fused-ring (bicyclic) bond motifs is 1. The number of hydrogen-bond donors (Lipinski definition) is 4. The van der Waals surface area contributed by atoms with E-state index in [4.69, 9.17) is 20.0 Å². The zero-order valence-electron chi connectivity index (χ0n) is 16.8. The molecule has 1 fully saturated rings. The minimum Gasteiger partial charge on any atom is -0.387 e. The Morgan fingerprint density at radius 3 is 2.91 bits per heavy atom. The first-order valence-corrected chi connectivity index (χ1v) is 10.6. The lowest BCUT2D eigenvalue weighted by molar-refractivity contribution is -0.162. The number of halogens is 1. The van der Waals surface area contributed by atoms with Gasteiger partial charge >= 0.3 is 0 Å². The van der Waals surface area contributed by atoms with Crippen LogP contribution < -0.4 is 11.2 Å². The van der Waals surface area contributed by atoms with E-state index < -0.39 is 36.6 Å². The van der Waals surface area contributed by atoms with E-state index in [9.17, 15) is 15.0 Å². The number of hydroxylamine groups is 1. The van der Waals surface area contributed by atoms with Gasteiger partial charge in [0.05, 0.1) is 20.0 Å². The number of nitrogens with two attached hydrogens (primary N) is 1. The van der Waals surface area contributed by atoms with Crippen LogP contribution in [0.25, 0.3) is 11.2 Å². The number of aliphatic hydroxyl groups excluding tert-OH is 2. The number of amides is 1. The number of aromatic nitrogens is 4. The average Bonchev–Trinajstić information content (AvgIpc) is 3.32. The van der Waals surface area contributed by atoms with E-state index in [0.717, 1.165) is 9.13 Å². The fourth-order valence-corrected chi connectivity index (χ4v) is 4.12. The molecule has 0 spiro atoms. The first-order chi connectivity index (χ1) is 15.4. The molecule has 0 radical (unpaired) electrons. The summed E-state index contributed by atoms with van der Waals surface area (Å²) in [4.78, 5) is 29.5. The lowest BCUT2D eigenvalue weighted by atomic mass is 10.0. The molecule has 1 amide bonds. The molecular weight excluding hydrogens is 535 g/mol. The monoisotopic (exact) mass is 556 g/mol. The van der Waals surface area contributed by atoms with Gasteiger partial charge < -0.3 is 25.4 Å². The van der Waals surface area contributed by atoms with E-state index in [2.05, 4.69) is 43.0 Å². The summed E-state index contributed by atoms with van der Waals surface area (Å²) >= 11 is 2.17. The molecule has 5 atom stereocenters. The van der Waals surface area contributed by atoms with Crippen molar-refractivity contribution in [1.29, 1.82) is 0 Å². The van der Waals surface area contributed by atoms with Gasteiger partial charge in [0.25, 0.3) is 5.91 Å². The Morgan fingerprint density at radius 2 is 2.16 bits per heavy atom. The quantitative estimate of drug-likeness (QED) is 0.228. The highest BCUT2D eigenvalue weighted by Crippen LogP contribution is 2.34. The normalized spacial score (nSPS) is 24.0. The second-order valence-electron chi connectivity index (χ2n) is 7.09. The second-order valence-corrected chi connectivity index (χ2v) is 8.33. The largest absolute Gasteiger partial charge is 0.387 e. The van der Waals surface area contributed by atoms with Gasteiger partial charge in [-0.3, -0.25) is 14.2 Å². The zero-order valence-corrected chi connectivity index (χ0v) is 19.0. The third-order valence-electron chi connectivity index (χ3n) is 5.01. The number of carbonyl (C=O) groups is 1. The maximum absolute atomic E-state index is 12.6. The van der Waals surface area contributed by atoms with Crippen molar-refractivity contribution in [3.8, 4) is 0 Å². The molecule has 1 aliphatic heterocycles. The van der Waals surface area contributed by atoms with E-state index in [1.165, 1.54) is 24.3 Å². The van der Waals surface area contributed by atoms with Crippen LogP contribution in [0.1, 0.15) is 11.8 Å². The summed E-state index contributed by atoms with van der Waals surface area (Å²) in [7, 11) is 1.28. The molecule has 0 bridgehead atoms. The zero-order chi connectivity index (χ0) is 22.8. The summed E-state index contributed by atoms with van der Waals surface area (Å²) in [6.07, 6.45) is -3.79. The van der Waals surface area contributed by atoms with Gasteiger partial charge in [0.1, 0.15) is 30.2 Å². The topological polar surface area (TPSA) is 167 Å². The third kappa shape index (κ3) is 4.39. The first-order valence-electron chi connectivity index (χ1n) is 9.54. The van der Waals surface area contributed by atoms with Crippen LogP contribution in [-0.4, -0.2) is 67.2 Å². The van der Waals surface area contributed by atoms with Gasteiger partial charge in [0.15, 0.2) is 23.8 Å². The van der Waals surface area contributed by atoms with Crippen LogP contribution in [0.5, 0.6) is 0 Å². The Balaban J connectivity index is 1.59. The van der Waals surface area contributed by atoms with Gasteiger partial charge in [-0.15, -0.1) is 0 Å². The molecule has 4 rings (SSSR count). The van der Waals surface area contributed by atoms with Crippen molar-refractivity contribution in [2.75, 3.05) is 12.8 Å². The number of benzene rings is 1. The van der Waals surface area contributed by atoms with E-state index in [1.54, 1.807) is 0 Å². The van der Waals surface area contributed by atoms with Crippen molar-refractivity contribution in [2.24, 2.45) is 0 Å². The van der Waals surface area contributed by atoms with Crippen LogP contribution in [0.3, 0.4) is 0 Å². The number of aliphatic hydroxyl groups is 2. The van der Waals surface area contributed by atoms with Crippen molar-refractivity contribution in [2.45, 2.75) is 37.3 Å². The Kier molecular flexibility index (Phi) is 6.82. The molecule has 12 nitrogen and oxygen atoms in total. The predicted molar refractivity (Wildman–Crippen MR) is 119 cm³/mol. The predicted octanol–water partition coefficient (Wildman–Crippen LogP) is -0.105. The minimum atomic E-state index is -1.44. The number of nitrogen functional groups attached to an aromatic ring is 1. The molecule has 32 heavy (non-hydrogen) atoms. The molecule has 1 saturated heterocycles. The minimum absolute atomic E-state index is 0.0732. The summed E-state index contributed by atoms with van der Waals surface area (Å²) in [5, 5.41) is 21.4. The van der Waals surface area contributed by atoms with Gasteiger partial charge in [0.2, 0.25) is 0 Å². The van der Waals surface area contributed by atoms with Crippen molar-refractivity contribution in [3.63, 3.8) is 0 Å². The number of carbonyl (C=O) groups excluding carboxylic acids is 1. The van der Waals surface area contributed by atoms with Crippen molar-refractivity contribution in [3.05, 3.63) is 46.1 Å². The molecule has 1 aromatic carbocycles. The fraction of sp³-hybridized carbons (Fsp3) is 0.368. The SMILES string of the molecule is CONC(=O)C(OCc1cccc(I)c1)[C@H]1O[C@@H](n2cnc3c(N)ncnc32)[C@H](O)[C@@H]1O. The summed E-state index contributed by atoms with van der Waals surface area (Å²) in [5.74, 6) is -0.506. The average molecular weight is 556 g/mol. The number of hydrogen-bond acceptors (Lipinski definition) is 10. The lowest BCUT2D eigenvalue weighted by Crippen LogP contribution is -2.48. The first kappa shape index (κ1) is 22.8. The smallest absolute Gasteiger partial charge is 0.275 e. The standard InChI is InChI=1S/C19H21IN6O6/c1-30-25-18(29)15(31-6-9-3-2-4-10(20)5-9)14-12(27)13(28)19(32-14)26-8-24-11-16(21)22-7-23-17(11)26/h2-5,7-8,12-15,19,27-28H,6H2,1H3,(H,25,29)(H2,21,22,23)/t12-,13+,14-,15?,19+/m0/s1. The number of nitrogens with zero attached hydrogens (tertiary/aromatic N) is 4. The lowest BCUT2D eigenvalue weighted by Gasteiger charge is -2.24. The van der Waals surface area contributed by atoms with Crippen molar-refractivity contribution < 1.29 is 29.3 Å². The summed E-state index contributed by atoms with van der Waals surface area (Å²) < 4.78 is 14.1. The van der Waals surface area contributed by atoms with Gasteiger partial charge in [-0.1, -0.05) is 12.1 Å². The summed E-state index contributed by atoms with van der Waals surface area (Å²) in [5.41, 5.74) is 9.47. The molecule has 2 aromatic heterocycles. The Morgan fingerprint density at radius 1 is 1.34 bits per heavy atom. The number of rotatable bonds is 7. The van der Waals surface area contributed by atoms with Crippen LogP contribution in [0.2, 0.25) is 0 Å². The summed E-state index contributed by atoms with van der Waals surface area (Å²) in [6, 6.07) is 7.54. The maximum atomic E-state index is 12.6. The highest BCUT2D eigenvalue weighted by Gasteiger charge is 2.50. The molecule has 1 aliphatic rings. The van der Waals surface area contributed by atoms with Gasteiger partial charge in [-0.25, -0.2) is 20.4 Å². The Labute approximate surface area is 195 Å². The van der Waals surface area contributed by atoms with Crippen molar-refractivity contribution >= 4 is 45.5 Å². The Bertz CT molecular complexity index is 1110. The van der Waals surface area contributed by atoms with Gasteiger partial charge in [-0.2, -0.15) is 0 Å². The van der Waals surface area contributed by atoms with Crippen LogP contribution in [0, 0.1) is 3.57 Å². The van der Waals surface area contributed by atoms with E-state index in [0.29, 0.717) is 11.2 Å². The highest BCUT2D eigenvalue weighted by molar-refractivity contribution is 14.1. The molecule has 0 aliphatic carbocycles. The van der Waals surface area contributed by atoms with Crippen LogP contribution in [0.4, 0.5) is 5.82 Å². The van der Waals surface area contributed by atoms with E-state index in [-0.39, 0.29) is 12.4 Å². The van der Waals surface area contributed by atoms with Crippen molar-refractivity contribution in [1.82, 2.24) is 25.0 Å². The molecule has 3 heterocycles. The fourth-order valence-electron chi connectivity index (χ4n) is 3.51. The molecule has 1 unspecified atom stereocenters. The Hall–Kier alpha value is -2.43. The van der Waals surface area contributed by atoms with Crippen LogP contribution in [0.15, 0.2) is 36.9 Å². The molecule has 5 N–H and O–H groups in total. The van der Waals surface area contributed by atoms with E-state index >= 15 is 0 Å². The van der Waals surface area contributed by atoms with Gasteiger partial charge in [0, 0.05) is 3.57 Å². The van der Waals surface area contributed by atoms with Crippen LogP contribution >= 0.6 is 22.6 Å². The third-order valence-corrected chi connectivity index (χ3v) is 5.69. The number of ether oxygens (including phenoxy) is 2. The number of imidazole rings is 1. The molecule has 0 saturated carbocycles. The number of nitrogens with one attached hydrogen (secondary N) is 1. The molecule has 3 aromatic rings. The molecular formula is C19H21IN6O6. The number of anilines is 1. The highest BCUT2D eigenvalue weighted by atomic mass is 127. The maximum Gasteiger partial charge on any atom is 0.275 e. The van der Waals surface area contributed by atoms with E-state index in [1.807, 2.05) is 24.3 Å². The van der Waals surface area contributed by atoms with Gasteiger partial charge in [-0.05, 0) is 40.3 Å². The van der Waals surface area contributed by atoms with Crippen LogP contribution in [-0.2, 0) is 25.7 Å². The molecule has 13 heteroatoms. The second kappa shape index (κ2) is 9.60.